The number of rotatable bonds is 3. The van der Waals surface area contributed by atoms with E-state index in [4.69, 9.17) is 0 Å². The molecule has 0 saturated heterocycles. The van der Waals surface area contributed by atoms with E-state index >= 15 is 0 Å². The molecule has 1 nitrogen and oxygen atoms in total. The zero-order chi connectivity index (χ0) is 9.84. The fraction of sp³-hybridized carbons (Fsp3) is 0.333. The molecule has 0 aromatic heterocycles. The van der Waals surface area contributed by atoms with Gasteiger partial charge in [-0.2, -0.15) is 0 Å². The van der Waals surface area contributed by atoms with Crippen molar-refractivity contribution in [2.24, 2.45) is 0 Å². The predicted molar refractivity (Wildman–Crippen MR) is 53.2 cm³/mol. The molecule has 0 spiro atoms. The first kappa shape index (κ1) is 10.4. The van der Waals surface area contributed by atoms with Crippen LogP contribution in [0.2, 0.25) is 0 Å². The van der Waals surface area contributed by atoms with Crippen LogP contribution in [0, 0.1) is 0 Å². The van der Waals surface area contributed by atoms with Crippen molar-refractivity contribution in [2.75, 3.05) is 5.32 Å². The van der Waals surface area contributed by atoms with Crippen LogP contribution in [-0.4, -0.2) is 12.5 Å². The molecule has 0 bridgehead atoms. The second-order valence-corrected chi connectivity index (χ2v) is 3.69. The maximum Gasteiger partial charge on any atom is 0.258 e. The first-order valence-corrected chi connectivity index (χ1v) is 4.69. The van der Waals surface area contributed by atoms with Crippen LogP contribution in [0.15, 0.2) is 28.7 Å². The van der Waals surface area contributed by atoms with Crippen molar-refractivity contribution >= 4 is 21.6 Å². The van der Waals surface area contributed by atoms with Crippen LogP contribution < -0.4 is 5.32 Å². The normalized spacial score (nSPS) is 13.0. The lowest BCUT2D eigenvalue weighted by atomic mass is 10.3. The minimum atomic E-state index is -2.34. The maximum atomic E-state index is 12.1. The van der Waals surface area contributed by atoms with Crippen molar-refractivity contribution in [3.8, 4) is 0 Å². The summed E-state index contributed by atoms with van der Waals surface area (Å²) >= 11 is 3.26. The highest BCUT2D eigenvalue weighted by Crippen LogP contribution is 2.16. The number of halogens is 3. The Labute approximate surface area is 84.3 Å². The van der Waals surface area contributed by atoms with Gasteiger partial charge < -0.3 is 5.32 Å². The summed E-state index contributed by atoms with van der Waals surface area (Å²) in [5, 5.41) is 2.70. The van der Waals surface area contributed by atoms with Crippen LogP contribution in [0.4, 0.5) is 14.5 Å². The number of hydrogen-bond donors (Lipinski definition) is 1. The quantitative estimate of drug-likeness (QED) is 0.865. The van der Waals surface area contributed by atoms with Gasteiger partial charge in [-0.3, -0.25) is 0 Å². The largest absolute Gasteiger partial charge is 0.377 e. The number of benzene rings is 1. The van der Waals surface area contributed by atoms with Crippen molar-refractivity contribution in [1.29, 1.82) is 0 Å². The van der Waals surface area contributed by atoms with E-state index in [1.165, 1.54) is 6.92 Å². The van der Waals surface area contributed by atoms with Crippen LogP contribution >= 0.6 is 15.9 Å². The van der Waals surface area contributed by atoms with Gasteiger partial charge in [0.1, 0.15) is 0 Å². The van der Waals surface area contributed by atoms with Crippen molar-refractivity contribution in [3.05, 3.63) is 28.7 Å². The molecule has 1 aromatic carbocycles. The van der Waals surface area contributed by atoms with E-state index in [1.54, 1.807) is 24.3 Å². The third-order valence-electron chi connectivity index (χ3n) is 1.62. The molecular formula is C9H10BrF2N. The summed E-state index contributed by atoms with van der Waals surface area (Å²) in [4.78, 5) is 0. The van der Waals surface area contributed by atoms with Crippen LogP contribution in [0.3, 0.4) is 0 Å². The van der Waals surface area contributed by atoms with E-state index in [0.717, 1.165) is 4.47 Å². The Hall–Kier alpha value is -0.640. The summed E-state index contributed by atoms with van der Waals surface area (Å²) < 4.78 is 25.2. The van der Waals surface area contributed by atoms with Gasteiger partial charge in [0.15, 0.2) is 0 Å². The van der Waals surface area contributed by atoms with Gasteiger partial charge in [-0.25, -0.2) is 8.78 Å². The molecule has 4 heteroatoms. The predicted octanol–water partition coefficient (Wildman–Crippen LogP) is 3.51. The first-order valence-electron chi connectivity index (χ1n) is 3.90. The van der Waals surface area contributed by atoms with Crippen LogP contribution in [0.5, 0.6) is 0 Å². The highest BCUT2D eigenvalue weighted by atomic mass is 79.9. The van der Waals surface area contributed by atoms with Gasteiger partial charge >= 0.3 is 0 Å². The molecule has 1 atom stereocenters. The average molecular weight is 250 g/mol. The fourth-order valence-electron chi connectivity index (χ4n) is 0.872. The van der Waals surface area contributed by atoms with Crippen molar-refractivity contribution in [2.45, 2.75) is 19.4 Å². The van der Waals surface area contributed by atoms with Crippen LogP contribution in [-0.2, 0) is 0 Å². The minimum absolute atomic E-state index is 0.705. The van der Waals surface area contributed by atoms with Crippen LogP contribution in [0.25, 0.3) is 0 Å². The molecule has 0 aliphatic heterocycles. The maximum absolute atomic E-state index is 12.1. The van der Waals surface area contributed by atoms with Crippen molar-refractivity contribution in [3.63, 3.8) is 0 Å². The van der Waals surface area contributed by atoms with Crippen LogP contribution in [0.1, 0.15) is 6.92 Å². The summed E-state index contributed by atoms with van der Waals surface area (Å²) in [5.74, 6) is 0. The molecule has 0 radical (unpaired) electrons. The zero-order valence-corrected chi connectivity index (χ0v) is 8.68. The van der Waals surface area contributed by atoms with Gasteiger partial charge in [-0.05, 0) is 31.2 Å². The molecule has 0 aliphatic carbocycles. The Morgan fingerprint density at radius 1 is 1.23 bits per heavy atom. The topological polar surface area (TPSA) is 12.0 Å². The lowest BCUT2D eigenvalue weighted by molar-refractivity contribution is 0.131. The van der Waals surface area contributed by atoms with Crippen molar-refractivity contribution < 1.29 is 8.78 Å². The number of alkyl halides is 2. The Morgan fingerprint density at radius 2 is 1.77 bits per heavy atom. The SMILES string of the molecule is CC(Nc1ccc(Br)cc1)C(F)F. The Morgan fingerprint density at radius 3 is 2.23 bits per heavy atom. The number of hydrogen-bond acceptors (Lipinski definition) is 1. The standard InChI is InChI=1S/C9H10BrF2N/c1-6(9(11)12)13-8-4-2-7(10)3-5-8/h2-6,9,13H,1H3. The zero-order valence-electron chi connectivity index (χ0n) is 7.10. The van der Waals surface area contributed by atoms with E-state index in [0.29, 0.717) is 5.69 Å². The van der Waals surface area contributed by atoms with Gasteiger partial charge in [-0.15, -0.1) is 0 Å². The summed E-state index contributed by atoms with van der Waals surface area (Å²) in [6.07, 6.45) is -2.34. The molecule has 0 fully saturated rings. The van der Waals surface area contributed by atoms with Gasteiger partial charge in [0, 0.05) is 10.2 Å². The molecule has 1 unspecified atom stereocenters. The molecule has 1 aromatic rings. The third kappa shape index (κ3) is 3.30. The highest BCUT2D eigenvalue weighted by molar-refractivity contribution is 9.10. The molecule has 13 heavy (non-hydrogen) atoms. The molecule has 72 valence electrons. The summed E-state index contributed by atoms with van der Waals surface area (Å²) in [6, 6.07) is 6.30. The first-order chi connectivity index (χ1) is 6.09. The monoisotopic (exact) mass is 249 g/mol. The number of nitrogens with one attached hydrogen (secondary N) is 1. The molecule has 1 rings (SSSR count). The summed E-state index contributed by atoms with van der Waals surface area (Å²) in [7, 11) is 0. The van der Waals surface area contributed by atoms with Gasteiger partial charge in [0.05, 0.1) is 6.04 Å². The van der Waals surface area contributed by atoms with E-state index < -0.39 is 12.5 Å². The molecule has 0 heterocycles. The van der Waals surface area contributed by atoms with E-state index in [2.05, 4.69) is 21.2 Å². The Balaban J connectivity index is 2.59. The number of anilines is 1. The molecule has 0 saturated carbocycles. The van der Waals surface area contributed by atoms with Gasteiger partial charge in [0.2, 0.25) is 0 Å². The second-order valence-electron chi connectivity index (χ2n) is 2.77. The Bertz CT molecular complexity index is 261. The molecule has 0 amide bonds. The van der Waals surface area contributed by atoms with E-state index in [1.807, 2.05) is 0 Å². The summed E-state index contributed by atoms with van der Waals surface area (Å²) in [5.41, 5.74) is 0.705. The highest BCUT2D eigenvalue weighted by Gasteiger charge is 2.13. The minimum Gasteiger partial charge on any atom is -0.377 e. The Kier molecular flexibility index (Phi) is 3.66. The molecule has 0 aliphatic rings. The summed E-state index contributed by atoms with van der Waals surface area (Å²) in [6.45, 7) is 1.45. The lowest BCUT2D eigenvalue weighted by Crippen LogP contribution is -2.23. The third-order valence-corrected chi connectivity index (χ3v) is 2.15. The van der Waals surface area contributed by atoms with Gasteiger partial charge in [-0.1, -0.05) is 15.9 Å². The van der Waals surface area contributed by atoms with Crippen molar-refractivity contribution in [1.82, 2.24) is 0 Å². The lowest BCUT2D eigenvalue weighted by Gasteiger charge is -2.13. The smallest absolute Gasteiger partial charge is 0.258 e. The fourth-order valence-corrected chi connectivity index (χ4v) is 1.14. The van der Waals surface area contributed by atoms with E-state index in [9.17, 15) is 8.78 Å². The molecule has 1 N–H and O–H groups in total. The van der Waals surface area contributed by atoms with E-state index in [-0.39, 0.29) is 0 Å². The second kappa shape index (κ2) is 4.56. The average Bonchev–Trinajstić information content (AvgIpc) is 2.08. The molecular weight excluding hydrogens is 240 g/mol. The van der Waals surface area contributed by atoms with Gasteiger partial charge in [0.25, 0.3) is 6.43 Å².